The van der Waals surface area contributed by atoms with Crippen LogP contribution in [0.3, 0.4) is 0 Å². The first-order chi connectivity index (χ1) is 9.98. The van der Waals surface area contributed by atoms with Gasteiger partial charge in [-0.25, -0.2) is 9.59 Å². The second-order valence-electron chi connectivity index (χ2n) is 5.12. The summed E-state index contributed by atoms with van der Waals surface area (Å²) in [6.45, 7) is 2.53. The molecule has 1 atom stereocenters. The van der Waals surface area contributed by atoms with E-state index in [2.05, 4.69) is 10.6 Å². The maximum atomic E-state index is 12.0. The summed E-state index contributed by atoms with van der Waals surface area (Å²) in [6.07, 6.45) is 0.748. The number of carbonyl (C=O) groups is 2. The third kappa shape index (κ3) is 4.35. The molecule has 1 fully saturated rings. The SMILES string of the molecule is CC1(NC(=O)Nc2ccccc2OCC(=O)O)CCOC1. The highest BCUT2D eigenvalue weighted by Gasteiger charge is 2.31. The number of amides is 2. The molecule has 21 heavy (non-hydrogen) atoms. The Bertz CT molecular complexity index is 526. The van der Waals surface area contributed by atoms with Crippen molar-refractivity contribution >= 4 is 17.7 Å². The quantitative estimate of drug-likeness (QED) is 0.763. The number of anilines is 1. The molecule has 2 amide bonds. The van der Waals surface area contributed by atoms with Crippen molar-refractivity contribution in [2.24, 2.45) is 0 Å². The Morgan fingerprint density at radius 1 is 1.43 bits per heavy atom. The van der Waals surface area contributed by atoms with E-state index in [-0.39, 0.29) is 11.6 Å². The molecule has 7 heteroatoms. The van der Waals surface area contributed by atoms with E-state index in [1.807, 2.05) is 6.92 Å². The van der Waals surface area contributed by atoms with Crippen LogP contribution in [0.15, 0.2) is 24.3 Å². The third-order valence-electron chi connectivity index (χ3n) is 3.12. The van der Waals surface area contributed by atoms with Crippen molar-refractivity contribution < 1.29 is 24.2 Å². The van der Waals surface area contributed by atoms with E-state index >= 15 is 0 Å². The predicted octanol–water partition coefficient (Wildman–Crippen LogP) is 1.45. The molecule has 1 aromatic rings. The molecule has 0 bridgehead atoms. The molecule has 0 aliphatic carbocycles. The van der Waals surface area contributed by atoms with Crippen LogP contribution in [0.4, 0.5) is 10.5 Å². The Kier molecular flexibility index (Phi) is 4.64. The number of aliphatic carboxylic acids is 1. The predicted molar refractivity (Wildman–Crippen MR) is 75.6 cm³/mol. The van der Waals surface area contributed by atoms with E-state index in [1.165, 1.54) is 0 Å². The normalized spacial score (nSPS) is 20.8. The fourth-order valence-electron chi connectivity index (χ4n) is 2.03. The van der Waals surface area contributed by atoms with E-state index in [0.717, 1.165) is 6.42 Å². The van der Waals surface area contributed by atoms with Crippen molar-refractivity contribution in [2.45, 2.75) is 18.9 Å². The summed E-state index contributed by atoms with van der Waals surface area (Å²) in [6, 6.07) is 6.29. The van der Waals surface area contributed by atoms with Gasteiger partial charge < -0.3 is 25.2 Å². The first kappa shape index (κ1) is 15.1. The summed E-state index contributed by atoms with van der Waals surface area (Å²) >= 11 is 0. The lowest BCUT2D eigenvalue weighted by atomic mass is 10.0. The standard InChI is InChI=1S/C14H18N2O5/c1-14(6-7-20-9-14)16-13(19)15-10-4-2-3-5-11(10)21-8-12(17)18/h2-5H,6-9H2,1H3,(H,17,18)(H2,15,16,19). The molecule has 0 aromatic heterocycles. The summed E-state index contributed by atoms with van der Waals surface area (Å²) in [4.78, 5) is 22.6. The van der Waals surface area contributed by atoms with Crippen molar-refractivity contribution in [2.75, 3.05) is 25.1 Å². The van der Waals surface area contributed by atoms with Crippen LogP contribution in [0.1, 0.15) is 13.3 Å². The van der Waals surface area contributed by atoms with Crippen LogP contribution < -0.4 is 15.4 Å². The van der Waals surface area contributed by atoms with Crippen molar-refractivity contribution in [3.05, 3.63) is 24.3 Å². The number of nitrogens with one attached hydrogen (secondary N) is 2. The molecule has 0 spiro atoms. The van der Waals surface area contributed by atoms with Gasteiger partial charge >= 0.3 is 12.0 Å². The number of benzene rings is 1. The van der Waals surface area contributed by atoms with Gasteiger partial charge in [0.25, 0.3) is 0 Å². The molecule has 1 saturated heterocycles. The topological polar surface area (TPSA) is 96.9 Å². The van der Waals surface area contributed by atoms with E-state index < -0.39 is 12.6 Å². The molecule has 1 heterocycles. The number of ether oxygens (including phenoxy) is 2. The van der Waals surface area contributed by atoms with Crippen LogP contribution in [0, 0.1) is 0 Å². The Morgan fingerprint density at radius 3 is 2.86 bits per heavy atom. The molecule has 3 N–H and O–H groups in total. The number of para-hydroxylation sites is 2. The molecule has 7 nitrogen and oxygen atoms in total. The minimum atomic E-state index is -1.08. The number of rotatable bonds is 5. The van der Waals surface area contributed by atoms with Gasteiger partial charge in [0.1, 0.15) is 5.75 Å². The van der Waals surface area contributed by atoms with Gasteiger partial charge in [-0.05, 0) is 25.5 Å². The lowest BCUT2D eigenvalue weighted by Crippen LogP contribution is -2.48. The number of carboxylic acids is 1. The van der Waals surface area contributed by atoms with Gasteiger partial charge in [0.2, 0.25) is 0 Å². The summed E-state index contributed by atoms with van der Waals surface area (Å²) in [7, 11) is 0. The molecule has 1 aliphatic heterocycles. The average molecular weight is 294 g/mol. The summed E-state index contributed by atoms with van der Waals surface area (Å²) in [5.41, 5.74) is 0.0276. The minimum absolute atomic E-state index is 0.308. The maximum absolute atomic E-state index is 12.0. The highest BCUT2D eigenvalue weighted by atomic mass is 16.5. The Balaban J connectivity index is 1.98. The Labute approximate surface area is 122 Å². The smallest absolute Gasteiger partial charge is 0.341 e. The van der Waals surface area contributed by atoms with Gasteiger partial charge in [-0.3, -0.25) is 0 Å². The first-order valence-electron chi connectivity index (χ1n) is 6.59. The van der Waals surface area contributed by atoms with E-state index in [0.29, 0.717) is 24.7 Å². The second-order valence-corrected chi connectivity index (χ2v) is 5.12. The fourth-order valence-corrected chi connectivity index (χ4v) is 2.03. The maximum Gasteiger partial charge on any atom is 0.341 e. The van der Waals surface area contributed by atoms with Crippen molar-refractivity contribution in [1.82, 2.24) is 5.32 Å². The molecule has 0 saturated carbocycles. The summed E-state index contributed by atoms with van der Waals surface area (Å²) in [5.74, 6) is -0.771. The van der Waals surface area contributed by atoms with Crippen molar-refractivity contribution in [3.8, 4) is 5.75 Å². The molecular formula is C14H18N2O5. The van der Waals surface area contributed by atoms with Crippen LogP contribution in [0.5, 0.6) is 5.75 Å². The largest absolute Gasteiger partial charge is 0.480 e. The first-order valence-corrected chi connectivity index (χ1v) is 6.59. The second kappa shape index (κ2) is 6.45. The van der Waals surface area contributed by atoms with Crippen molar-refractivity contribution in [1.29, 1.82) is 0 Å². The lowest BCUT2D eigenvalue weighted by Gasteiger charge is -2.24. The van der Waals surface area contributed by atoms with E-state index in [9.17, 15) is 9.59 Å². The van der Waals surface area contributed by atoms with Gasteiger partial charge in [-0.1, -0.05) is 12.1 Å². The number of hydrogen-bond donors (Lipinski definition) is 3. The van der Waals surface area contributed by atoms with Crippen LogP contribution in [0.25, 0.3) is 0 Å². The van der Waals surface area contributed by atoms with Crippen LogP contribution >= 0.6 is 0 Å². The number of carboxylic acid groups (broad SMARTS) is 1. The molecule has 1 aliphatic rings. The zero-order chi connectivity index (χ0) is 15.3. The highest BCUT2D eigenvalue weighted by Crippen LogP contribution is 2.24. The third-order valence-corrected chi connectivity index (χ3v) is 3.12. The van der Waals surface area contributed by atoms with E-state index in [4.69, 9.17) is 14.6 Å². The van der Waals surface area contributed by atoms with Gasteiger partial charge in [0, 0.05) is 6.61 Å². The summed E-state index contributed by atoms with van der Waals surface area (Å²) < 4.78 is 10.4. The number of urea groups is 1. The molecule has 114 valence electrons. The van der Waals surface area contributed by atoms with Gasteiger partial charge in [0.05, 0.1) is 17.8 Å². The average Bonchev–Trinajstić information content (AvgIpc) is 2.83. The summed E-state index contributed by atoms with van der Waals surface area (Å²) in [5, 5.41) is 14.1. The van der Waals surface area contributed by atoms with Gasteiger partial charge in [-0.2, -0.15) is 0 Å². The van der Waals surface area contributed by atoms with Crippen LogP contribution in [0.2, 0.25) is 0 Å². The molecule has 0 radical (unpaired) electrons. The fraction of sp³-hybridized carbons (Fsp3) is 0.429. The molecule has 2 rings (SSSR count). The number of hydrogen-bond acceptors (Lipinski definition) is 4. The molecular weight excluding hydrogens is 276 g/mol. The van der Waals surface area contributed by atoms with E-state index in [1.54, 1.807) is 24.3 Å². The van der Waals surface area contributed by atoms with Gasteiger partial charge in [-0.15, -0.1) is 0 Å². The zero-order valence-corrected chi connectivity index (χ0v) is 11.7. The van der Waals surface area contributed by atoms with Crippen LogP contribution in [-0.4, -0.2) is 42.5 Å². The highest BCUT2D eigenvalue weighted by molar-refractivity contribution is 5.91. The molecule has 1 aromatic carbocycles. The zero-order valence-electron chi connectivity index (χ0n) is 11.7. The van der Waals surface area contributed by atoms with Crippen LogP contribution in [-0.2, 0) is 9.53 Å². The number of carbonyl (C=O) groups excluding carboxylic acids is 1. The Hall–Kier alpha value is -2.28. The van der Waals surface area contributed by atoms with Gasteiger partial charge in [0.15, 0.2) is 6.61 Å². The molecule has 1 unspecified atom stereocenters. The lowest BCUT2D eigenvalue weighted by molar-refractivity contribution is -0.139. The van der Waals surface area contributed by atoms with Crippen molar-refractivity contribution in [3.63, 3.8) is 0 Å². The minimum Gasteiger partial charge on any atom is -0.480 e. The monoisotopic (exact) mass is 294 g/mol. The Morgan fingerprint density at radius 2 is 2.19 bits per heavy atom.